The Morgan fingerprint density at radius 1 is 1.25 bits per heavy atom. The van der Waals surface area contributed by atoms with Crippen molar-refractivity contribution in [3.05, 3.63) is 71.4 Å². The maximum absolute atomic E-state index is 13.4. The van der Waals surface area contributed by atoms with E-state index in [9.17, 15) is 4.79 Å². The van der Waals surface area contributed by atoms with Crippen molar-refractivity contribution < 1.29 is 9.53 Å². The number of aromatic amines is 1. The van der Waals surface area contributed by atoms with Gasteiger partial charge in [-0.2, -0.15) is 0 Å². The second-order valence-electron chi connectivity index (χ2n) is 9.35. The smallest absolute Gasteiger partial charge is 0.270 e. The van der Waals surface area contributed by atoms with Crippen LogP contribution in [0.2, 0.25) is 0 Å². The predicted molar refractivity (Wildman–Crippen MR) is 129 cm³/mol. The van der Waals surface area contributed by atoms with Crippen LogP contribution in [-0.2, 0) is 11.2 Å². The molecule has 1 fully saturated rings. The number of benzene rings is 2. The Morgan fingerprint density at radius 2 is 2.06 bits per heavy atom. The van der Waals surface area contributed by atoms with Crippen molar-refractivity contribution in [3.63, 3.8) is 0 Å². The lowest BCUT2D eigenvalue weighted by Crippen LogP contribution is -2.51. The molecule has 0 saturated carbocycles. The number of hydrogen-bond acceptors (Lipinski definition) is 3. The summed E-state index contributed by atoms with van der Waals surface area (Å²) in [5.74, 6) is 0.397. The number of aryl methyl sites for hydroxylation is 1. The Morgan fingerprint density at radius 3 is 2.91 bits per heavy atom. The van der Waals surface area contributed by atoms with Crippen LogP contribution < -0.4 is 0 Å². The zero-order chi connectivity index (χ0) is 22.1. The molecule has 32 heavy (non-hydrogen) atoms. The average molecular weight is 430 g/mol. The fourth-order valence-electron chi connectivity index (χ4n) is 5.26. The number of amides is 1. The number of aliphatic imine (C=N–C) groups is 1. The Bertz CT molecular complexity index is 1120. The summed E-state index contributed by atoms with van der Waals surface area (Å²) < 4.78 is 5.99. The fourth-order valence-corrected chi connectivity index (χ4v) is 5.26. The molecule has 3 atom stereocenters. The van der Waals surface area contributed by atoms with Crippen molar-refractivity contribution in [3.8, 4) is 0 Å². The molecule has 2 aliphatic rings. The molecule has 1 N–H and O–H groups in total. The molecule has 1 aromatic heterocycles. The zero-order valence-corrected chi connectivity index (χ0v) is 18.9. The lowest BCUT2D eigenvalue weighted by atomic mass is 9.91. The molecule has 2 aromatic carbocycles. The maximum Gasteiger partial charge on any atom is 0.270 e. The van der Waals surface area contributed by atoms with E-state index in [1.165, 1.54) is 11.1 Å². The van der Waals surface area contributed by atoms with Gasteiger partial charge in [0.05, 0.1) is 24.8 Å². The summed E-state index contributed by atoms with van der Waals surface area (Å²) in [5, 5.41) is 1.05. The van der Waals surface area contributed by atoms with Crippen LogP contribution in [-0.4, -0.2) is 53.3 Å². The molecule has 0 bridgehead atoms. The zero-order valence-electron chi connectivity index (χ0n) is 18.9. The van der Waals surface area contributed by atoms with E-state index in [2.05, 4.69) is 42.4 Å². The summed E-state index contributed by atoms with van der Waals surface area (Å²) in [6, 6.07) is 18.6. The van der Waals surface area contributed by atoms with Crippen LogP contribution in [0.3, 0.4) is 0 Å². The van der Waals surface area contributed by atoms with Crippen LogP contribution in [0, 0.1) is 0 Å². The van der Waals surface area contributed by atoms with E-state index in [1.54, 1.807) is 0 Å². The summed E-state index contributed by atoms with van der Waals surface area (Å²) >= 11 is 0. The summed E-state index contributed by atoms with van der Waals surface area (Å²) in [6.45, 7) is 5.96. The molecule has 5 rings (SSSR count). The number of carbonyl (C=O) groups excluding carboxylic acids is 1. The van der Waals surface area contributed by atoms with Crippen molar-refractivity contribution >= 4 is 23.0 Å². The number of aromatic nitrogens is 1. The third kappa shape index (κ3) is 3.97. The summed E-state index contributed by atoms with van der Waals surface area (Å²) in [7, 11) is 0. The van der Waals surface area contributed by atoms with E-state index >= 15 is 0 Å². The molecule has 2 heterocycles. The number of carbonyl (C=O) groups is 1. The highest BCUT2D eigenvalue weighted by Crippen LogP contribution is 2.33. The second-order valence-corrected chi connectivity index (χ2v) is 9.35. The summed E-state index contributed by atoms with van der Waals surface area (Å²) in [5.41, 5.74) is 4.13. The van der Waals surface area contributed by atoms with Crippen molar-refractivity contribution in [2.75, 3.05) is 19.8 Å². The number of nitrogens with zero attached hydrogens (tertiary/aromatic N) is 2. The number of fused-ring (bicyclic) bond motifs is 2. The first-order valence-corrected chi connectivity index (χ1v) is 11.7. The first-order valence-electron chi connectivity index (χ1n) is 11.7. The van der Waals surface area contributed by atoms with Gasteiger partial charge in [-0.25, -0.2) is 0 Å². The highest BCUT2D eigenvalue weighted by molar-refractivity contribution is 5.98. The minimum absolute atomic E-state index is 0.00526. The number of nitrogens with one attached hydrogen (secondary N) is 1. The molecule has 1 saturated heterocycles. The highest BCUT2D eigenvalue weighted by atomic mass is 16.5. The molecule has 0 spiro atoms. The molecule has 3 aromatic rings. The van der Waals surface area contributed by atoms with Crippen LogP contribution in [0.15, 0.2) is 59.6 Å². The van der Waals surface area contributed by atoms with Crippen LogP contribution in [0.4, 0.5) is 0 Å². The second kappa shape index (κ2) is 8.55. The molecule has 5 nitrogen and oxygen atoms in total. The molecular formula is C27H31N3O2. The normalized spacial score (nSPS) is 25.3. The minimum Gasteiger partial charge on any atom is -0.377 e. The van der Waals surface area contributed by atoms with Crippen molar-refractivity contribution in [1.29, 1.82) is 0 Å². The van der Waals surface area contributed by atoms with Gasteiger partial charge >= 0.3 is 0 Å². The van der Waals surface area contributed by atoms with E-state index in [0.717, 1.165) is 30.2 Å². The number of H-pyrrole nitrogens is 1. The lowest BCUT2D eigenvalue weighted by molar-refractivity contribution is -0.0133. The predicted octanol–water partition coefficient (Wildman–Crippen LogP) is 4.98. The van der Waals surface area contributed by atoms with Crippen LogP contribution in [0.25, 0.3) is 10.9 Å². The number of hydrogen-bond donors (Lipinski definition) is 1. The van der Waals surface area contributed by atoms with E-state index < -0.39 is 0 Å². The molecular weight excluding hydrogens is 398 g/mol. The Balaban J connectivity index is 1.32. The van der Waals surface area contributed by atoms with Gasteiger partial charge in [0.15, 0.2) is 0 Å². The summed E-state index contributed by atoms with van der Waals surface area (Å²) in [4.78, 5) is 23.6. The van der Waals surface area contributed by atoms with Crippen LogP contribution in [0.1, 0.15) is 54.2 Å². The molecule has 166 valence electrons. The third-order valence-corrected chi connectivity index (χ3v) is 6.95. The van der Waals surface area contributed by atoms with Crippen molar-refractivity contribution in [2.45, 2.75) is 50.6 Å². The summed E-state index contributed by atoms with van der Waals surface area (Å²) in [6.07, 6.45) is 5.17. The minimum atomic E-state index is -0.325. The van der Waals surface area contributed by atoms with E-state index in [4.69, 9.17) is 9.73 Å². The Kier molecular flexibility index (Phi) is 5.60. The molecule has 1 aliphatic carbocycles. The van der Waals surface area contributed by atoms with Gasteiger partial charge in [-0.1, -0.05) is 42.5 Å². The van der Waals surface area contributed by atoms with Gasteiger partial charge in [0.2, 0.25) is 0 Å². The Hall–Kier alpha value is -2.92. The average Bonchev–Trinajstić information content (AvgIpc) is 3.42. The maximum atomic E-state index is 13.4. The standard InChI is InChI=1S/C27H31N3O2/c1-3-30(26(31)25-14-20-9-5-7-11-24(20)29-25)22-15-27(2,18-32-17-22)28-16-21-13-12-19-8-4-6-10-23(19)21/h4-11,14,16,21-22,29H,3,12-13,15,17-18H2,1-2H3/t21?,22-,27?/m1/s1. The van der Waals surface area contributed by atoms with Crippen LogP contribution in [0.5, 0.6) is 0 Å². The van der Waals surface area contributed by atoms with Crippen molar-refractivity contribution in [2.24, 2.45) is 4.99 Å². The first-order chi connectivity index (χ1) is 15.6. The molecule has 1 aliphatic heterocycles. The highest BCUT2D eigenvalue weighted by Gasteiger charge is 2.37. The van der Waals surface area contributed by atoms with Gasteiger partial charge in [-0.05, 0) is 56.4 Å². The van der Waals surface area contributed by atoms with Gasteiger partial charge < -0.3 is 14.6 Å². The van der Waals surface area contributed by atoms with E-state index in [1.807, 2.05) is 42.2 Å². The van der Waals surface area contributed by atoms with Gasteiger partial charge in [-0.3, -0.25) is 9.79 Å². The lowest BCUT2D eigenvalue weighted by Gasteiger charge is -2.40. The quantitative estimate of drug-likeness (QED) is 0.582. The van der Waals surface area contributed by atoms with Gasteiger partial charge in [-0.15, -0.1) is 0 Å². The Labute approximate surface area is 189 Å². The first kappa shape index (κ1) is 21.0. The van der Waals surface area contributed by atoms with Crippen molar-refractivity contribution in [1.82, 2.24) is 9.88 Å². The number of ether oxygens (including phenoxy) is 1. The number of likely N-dealkylation sites (N-methyl/N-ethyl adjacent to an activating group) is 1. The number of rotatable bonds is 5. The SMILES string of the molecule is CCN(C(=O)c1cc2ccccc2[nH]1)[C@H]1COCC(C)(N=CC2CCc3ccccc32)C1. The third-order valence-electron chi connectivity index (χ3n) is 6.95. The molecule has 1 amide bonds. The largest absolute Gasteiger partial charge is 0.377 e. The van der Waals surface area contributed by atoms with Gasteiger partial charge in [0.25, 0.3) is 5.91 Å². The van der Waals surface area contributed by atoms with Crippen LogP contribution >= 0.6 is 0 Å². The topological polar surface area (TPSA) is 57.7 Å². The number of para-hydroxylation sites is 1. The monoisotopic (exact) mass is 429 g/mol. The molecule has 0 radical (unpaired) electrons. The fraction of sp³-hybridized carbons (Fsp3) is 0.407. The van der Waals surface area contributed by atoms with E-state index in [-0.39, 0.29) is 17.5 Å². The van der Waals surface area contributed by atoms with E-state index in [0.29, 0.717) is 31.4 Å². The molecule has 5 heteroatoms. The molecule has 2 unspecified atom stereocenters. The van der Waals surface area contributed by atoms with Gasteiger partial charge in [0.1, 0.15) is 5.69 Å². The van der Waals surface area contributed by atoms with Gasteiger partial charge in [0, 0.05) is 29.6 Å².